The first-order valence-corrected chi connectivity index (χ1v) is 8.29. The number of benzene rings is 2. The monoisotopic (exact) mass is 324 g/mol. The molecule has 0 saturated carbocycles. The molecule has 0 aliphatic rings. The summed E-state index contributed by atoms with van der Waals surface area (Å²) in [4.78, 5) is 5.74. The van der Waals surface area contributed by atoms with Gasteiger partial charge in [0.25, 0.3) is 0 Å². The molecule has 0 saturated heterocycles. The van der Waals surface area contributed by atoms with Gasteiger partial charge in [-0.1, -0.05) is 11.3 Å². The molecule has 0 atom stereocenters. The normalized spacial score (nSPS) is 11.2. The average Bonchev–Trinajstić information content (AvgIpc) is 3.12. The van der Waals surface area contributed by atoms with Crippen molar-refractivity contribution in [1.82, 2.24) is 9.38 Å². The predicted molar refractivity (Wildman–Crippen MR) is 93.7 cm³/mol. The lowest BCUT2D eigenvalue weighted by Crippen LogP contribution is -1.90. The number of thiazole rings is 1. The van der Waals surface area contributed by atoms with Crippen molar-refractivity contribution >= 4 is 26.5 Å². The van der Waals surface area contributed by atoms with Crippen LogP contribution in [0.5, 0.6) is 11.5 Å². The Balaban J connectivity index is 1.78. The smallest absolute Gasteiger partial charge is 0.195 e. The van der Waals surface area contributed by atoms with E-state index in [4.69, 9.17) is 14.5 Å². The fourth-order valence-electron chi connectivity index (χ4n) is 2.64. The van der Waals surface area contributed by atoms with Gasteiger partial charge in [0.2, 0.25) is 0 Å². The van der Waals surface area contributed by atoms with Crippen LogP contribution in [0.3, 0.4) is 0 Å². The highest BCUT2D eigenvalue weighted by molar-refractivity contribution is 7.23. The summed E-state index contributed by atoms with van der Waals surface area (Å²) in [5.41, 5.74) is 3.20. The second-order valence-electron chi connectivity index (χ2n) is 5.17. The molecule has 2 aromatic heterocycles. The number of hydrogen-bond acceptors (Lipinski definition) is 4. The number of ether oxygens (including phenoxy) is 2. The van der Waals surface area contributed by atoms with Gasteiger partial charge in [0.05, 0.1) is 29.6 Å². The first-order chi connectivity index (χ1) is 11.3. The Kier molecular flexibility index (Phi) is 3.42. The zero-order valence-electron chi connectivity index (χ0n) is 12.9. The van der Waals surface area contributed by atoms with E-state index in [0.717, 1.165) is 33.2 Å². The van der Waals surface area contributed by atoms with Gasteiger partial charge in [0.15, 0.2) is 4.96 Å². The van der Waals surface area contributed by atoms with Gasteiger partial charge in [0.1, 0.15) is 11.5 Å². The Hall–Kier alpha value is -2.53. The molecule has 2 heterocycles. The summed E-state index contributed by atoms with van der Waals surface area (Å²) >= 11 is 1.67. The number of hydrogen-bond donors (Lipinski definition) is 0. The van der Waals surface area contributed by atoms with E-state index in [1.165, 1.54) is 4.70 Å². The van der Waals surface area contributed by atoms with Crippen molar-refractivity contribution in [2.45, 2.75) is 6.92 Å². The molecule has 0 aliphatic heterocycles. The van der Waals surface area contributed by atoms with Crippen molar-refractivity contribution in [2.24, 2.45) is 0 Å². The summed E-state index contributed by atoms with van der Waals surface area (Å²) < 4.78 is 14.1. The largest absolute Gasteiger partial charge is 0.497 e. The molecule has 23 heavy (non-hydrogen) atoms. The van der Waals surface area contributed by atoms with Crippen molar-refractivity contribution < 1.29 is 9.47 Å². The summed E-state index contributed by atoms with van der Waals surface area (Å²) in [5.74, 6) is 1.75. The van der Waals surface area contributed by atoms with Gasteiger partial charge in [0, 0.05) is 11.8 Å². The molecular formula is C18H16N2O2S. The van der Waals surface area contributed by atoms with Crippen LogP contribution in [-0.2, 0) is 0 Å². The van der Waals surface area contributed by atoms with Crippen LogP contribution in [0, 0.1) is 0 Å². The first kappa shape index (κ1) is 14.1. The van der Waals surface area contributed by atoms with Crippen LogP contribution in [0.1, 0.15) is 6.92 Å². The van der Waals surface area contributed by atoms with E-state index < -0.39 is 0 Å². The Morgan fingerprint density at radius 3 is 2.61 bits per heavy atom. The lowest BCUT2D eigenvalue weighted by atomic mass is 10.2. The summed E-state index contributed by atoms with van der Waals surface area (Å²) in [6.07, 6.45) is 2.08. The van der Waals surface area contributed by atoms with Crippen LogP contribution in [0.25, 0.3) is 26.4 Å². The molecule has 116 valence electrons. The quantitative estimate of drug-likeness (QED) is 0.549. The van der Waals surface area contributed by atoms with E-state index in [1.54, 1.807) is 18.4 Å². The summed E-state index contributed by atoms with van der Waals surface area (Å²) in [7, 11) is 1.67. The lowest BCUT2D eigenvalue weighted by Gasteiger charge is -2.02. The number of aromatic nitrogens is 2. The Morgan fingerprint density at radius 2 is 1.87 bits per heavy atom. The number of rotatable bonds is 4. The third-order valence-electron chi connectivity index (χ3n) is 3.76. The molecule has 4 aromatic rings. The second kappa shape index (κ2) is 5.59. The van der Waals surface area contributed by atoms with E-state index in [9.17, 15) is 0 Å². The molecule has 0 spiro atoms. The van der Waals surface area contributed by atoms with Crippen LogP contribution >= 0.6 is 11.3 Å². The average molecular weight is 324 g/mol. The lowest BCUT2D eigenvalue weighted by molar-refractivity contribution is 0.341. The fourth-order valence-corrected chi connectivity index (χ4v) is 3.67. The third kappa shape index (κ3) is 2.43. The molecule has 0 fully saturated rings. The molecule has 0 amide bonds. The van der Waals surface area contributed by atoms with E-state index in [1.807, 2.05) is 37.3 Å². The van der Waals surface area contributed by atoms with Crippen LogP contribution in [0.4, 0.5) is 0 Å². The topological polar surface area (TPSA) is 35.8 Å². The van der Waals surface area contributed by atoms with Gasteiger partial charge in [-0.15, -0.1) is 0 Å². The minimum Gasteiger partial charge on any atom is -0.497 e. The van der Waals surface area contributed by atoms with Crippen LogP contribution in [0.15, 0.2) is 48.7 Å². The predicted octanol–water partition coefficient (Wildman–Crippen LogP) is 4.62. The highest BCUT2D eigenvalue weighted by Crippen LogP contribution is 2.32. The summed E-state index contributed by atoms with van der Waals surface area (Å²) in [6.45, 7) is 2.67. The van der Waals surface area contributed by atoms with E-state index in [2.05, 4.69) is 22.7 Å². The van der Waals surface area contributed by atoms with Crippen LogP contribution in [0.2, 0.25) is 0 Å². The van der Waals surface area contributed by atoms with Gasteiger partial charge in [-0.25, -0.2) is 4.98 Å². The van der Waals surface area contributed by atoms with Crippen molar-refractivity contribution in [3.63, 3.8) is 0 Å². The SMILES string of the molecule is CCOc1ccc2c(c1)sc1nc(-c3ccc(OC)cc3)cn12. The van der Waals surface area contributed by atoms with Gasteiger partial charge in [-0.2, -0.15) is 0 Å². The Bertz CT molecular complexity index is 970. The third-order valence-corrected chi connectivity index (χ3v) is 4.78. The van der Waals surface area contributed by atoms with Gasteiger partial charge in [-0.05, 0) is 49.4 Å². The van der Waals surface area contributed by atoms with Crippen molar-refractivity contribution in [1.29, 1.82) is 0 Å². The highest BCUT2D eigenvalue weighted by Gasteiger charge is 2.11. The minimum absolute atomic E-state index is 0.676. The maximum absolute atomic E-state index is 5.57. The van der Waals surface area contributed by atoms with Crippen LogP contribution < -0.4 is 9.47 Å². The fraction of sp³-hybridized carbons (Fsp3) is 0.167. The van der Waals surface area contributed by atoms with Gasteiger partial charge >= 0.3 is 0 Å². The Labute approximate surface area is 137 Å². The standard InChI is InChI=1S/C18H16N2O2S/c1-3-22-14-8-9-16-17(10-14)23-18-19-15(11-20(16)18)12-4-6-13(21-2)7-5-12/h4-11H,3H2,1-2H3. The van der Waals surface area contributed by atoms with E-state index >= 15 is 0 Å². The Morgan fingerprint density at radius 1 is 1.09 bits per heavy atom. The van der Waals surface area contributed by atoms with Crippen molar-refractivity contribution in [2.75, 3.05) is 13.7 Å². The zero-order valence-corrected chi connectivity index (χ0v) is 13.8. The van der Waals surface area contributed by atoms with E-state index in [0.29, 0.717) is 6.61 Å². The van der Waals surface area contributed by atoms with Crippen molar-refractivity contribution in [3.8, 4) is 22.8 Å². The first-order valence-electron chi connectivity index (χ1n) is 7.47. The maximum atomic E-state index is 5.57. The molecule has 4 nitrogen and oxygen atoms in total. The molecule has 0 aliphatic carbocycles. The number of methoxy groups -OCH3 is 1. The molecule has 2 aromatic carbocycles. The number of fused-ring (bicyclic) bond motifs is 3. The zero-order chi connectivity index (χ0) is 15.8. The molecule has 0 radical (unpaired) electrons. The van der Waals surface area contributed by atoms with Gasteiger partial charge < -0.3 is 9.47 Å². The van der Waals surface area contributed by atoms with Crippen LogP contribution in [-0.4, -0.2) is 23.1 Å². The summed E-state index contributed by atoms with van der Waals surface area (Å²) in [6, 6.07) is 14.1. The highest BCUT2D eigenvalue weighted by atomic mass is 32.1. The molecule has 0 unspecified atom stereocenters. The molecule has 5 heteroatoms. The maximum Gasteiger partial charge on any atom is 0.195 e. The second-order valence-corrected chi connectivity index (χ2v) is 6.18. The number of nitrogens with zero attached hydrogens (tertiary/aromatic N) is 2. The number of imidazole rings is 1. The molecule has 0 bridgehead atoms. The molecule has 4 rings (SSSR count). The van der Waals surface area contributed by atoms with E-state index in [-0.39, 0.29) is 0 Å². The van der Waals surface area contributed by atoms with Crippen molar-refractivity contribution in [3.05, 3.63) is 48.7 Å². The minimum atomic E-state index is 0.676. The molecular weight excluding hydrogens is 308 g/mol. The molecule has 0 N–H and O–H groups in total. The summed E-state index contributed by atoms with van der Waals surface area (Å²) in [5, 5.41) is 0. The van der Waals surface area contributed by atoms with Gasteiger partial charge in [-0.3, -0.25) is 4.40 Å².